The first-order valence-electron chi connectivity index (χ1n) is 6.13. The highest BCUT2D eigenvalue weighted by Crippen LogP contribution is 2.23. The first kappa shape index (κ1) is 11.3. The lowest BCUT2D eigenvalue weighted by Crippen LogP contribution is -2.19. The Morgan fingerprint density at radius 1 is 1.12 bits per heavy atom. The van der Waals surface area contributed by atoms with E-state index in [1.54, 1.807) is 6.33 Å². The van der Waals surface area contributed by atoms with Crippen LogP contribution in [0.4, 0.5) is 5.82 Å². The lowest BCUT2D eigenvalue weighted by atomic mass is 10.1. The average Bonchev–Trinajstić information content (AvgIpc) is 2.55. The number of nitrogens with zero attached hydrogens (tertiary/aromatic N) is 2. The van der Waals surface area contributed by atoms with Crippen molar-refractivity contribution in [3.63, 3.8) is 0 Å². The Morgan fingerprint density at radius 2 is 2.00 bits per heavy atom. The van der Waals surface area contributed by atoms with Crippen LogP contribution in [0, 0.1) is 0 Å². The first-order valence-corrected chi connectivity index (χ1v) is 6.13. The van der Waals surface area contributed by atoms with Gasteiger partial charge in [0.25, 0.3) is 0 Å². The summed E-state index contributed by atoms with van der Waals surface area (Å²) >= 11 is 0. The van der Waals surface area contributed by atoms with Crippen LogP contribution in [0.25, 0.3) is 0 Å². The Balaban J connectivity index is 2.11. The topological polar surface area (TPSA) is 49.8 Å². The third-order valence-corrected chi connectivity index (χ3v) is 3.04. The number of likely N-dealkylation sites (N-methyl/N-ethyl adjacent to an activating group) is 1. The Kier molecular flexibility index (Phi) is 4.10. The molecule has 1 aliphatic carbocycles. The normalized spacial score (nSPS) is 15.3. The van der Waals surface area contributed by atoms with Gasteiger partial charge in [-0.1, -0.05) is 6.42 Å². The second kappa shape index (κ2) is 5.80. The molecular formula is C12H20N4. The molecule has 0 unspecified atom stereocenters. The van der Waals surface area contributed by atoms with E-state index >= 15 is 0 Å². The fourth-order valence-corrected chi connectivity index (χ4v) is 2.16. The summed E-state index contributed by atoms with van der Waals surface area (Å²) < 4.78 is 0. The zero-order valence-electron chi connectivity index (χ0n) is 9.92. The quantitative estimate of drug-likeness (QED) is 0.594. The molecule has 4 heteroatoms. The Bertz CT molecular complexity index is 338. The predicted molar refractivity (Wildman–Crippen MR) is 65.7 cm³/mol. The molecule has 0 atom stereocenters. The van der Waals surface area contributed by atoms with Gasteiger partial charge in [0.1, 0.15) is 12.1 Å². The van der Waals surface area contributed by atoms with Gasteiger partial charge in [0.05, 0.1) is 0 Å². The van der Waals surface area contributed by atoms with Gasteiger partial charge in [-0.25, -0.2) is 9.97 Å². The van der Waals surface area contributed by atoms with Crippen LogP contribution in [0.3, 0.4) is 0 Å². The van der Waals surface area contributed by atoms with E-state index in [2.05, 4.69) is 20.6 Å². The van der Waals surface area contributed by atoms with Crippen molar-refractivity contribution in [2.24, 2.45) is 0 Å². The standard InChI is InChI=1S/C12H20N4/c1-13-7-8-14-12-10-5-3-2-4-6-11(10)15-9-16-12/h9,13H,2-8H2,1H3,(H,14,15,16). The third kappa shape index (κ3) is 2.70. The van der Waals surface area contributed by atoms with E-state index in [0.717, 1.165) is 31.7 Å². The number of hydrogen-bond acceptors (Lipinski definition) is 4. The maximum atomic E-state index is 4.40. The SMILES string of the molecule is CNCCNc1ncnc2c1CCCCC2. The summed E-state index contributed by atoms with van der Waals surface area (Å²) in [6.07, 6.45) is 7.76. The van der Waals surface area contributed by atoms with Crippen LogP contribution >= 0.6 is 0 Å². The molecule has 0 bridgehead atoms. The lowest BCUT2D eigenvalue weighted by Gasteiger charge is -2.11. The molecular weight excluding hydrogens is 200 g/mol. The van der Waals surface area contributed by atoms with Gasteiger partial charge in [0.2, 0.25) is 0 Å². The third-order valence-electron chi connectivity index (χ3n) is 3.04. The summed E-state index contributed by atoms with van der Waals surface area (Å²) in [5, 5.41) is 6.51. The molecule has 0 amide bonds. The zero-order valence-corrected chi connectivity index (χ0v) is 9.92. The van der Waals surface area contributed by atoms with Crippen molar-refractivity contribution >= 4 is 5.82 Å². The summed E-state index contributed by atoms with van der Waals surface area (Å²) in [6, 6.07) is 0. The van der Waals surface area contributed by atoms with E-state index in [1.165, 1.54) is 30.5 Å². The minimum atomic E-state index is 0.917. The van der Waals surface area contributed by atoms with Gasteiger partial charge in [-0.15, -0.1) is 0 Å². The molecule has 88 valence electrons. The molecule has 0 spiro atoms. The second-order valence-electron chi connectivity index (χ2n) is 4.24. The van der Waals surface area contributed by atoms with Crippen molar-refractivity contribution in [1.82, 2.24) is 15.3 Å². The molecule has 0 aliphatic heterocycles. The maximum Gasteiger partial charge on any atom is 0.132 e. The zero-order chi connectivity index (χ0) is 11.2. The molecule has 2 N–H and O–H groups in total. The van der Waals surface area contributed by atoms with Crippen LogP contribution in [-0.4, -0.2) is 30.1 Å². The highest BCUT2D eigenvalue weighted by Gasteiger charge is 2.13. The largest absolute Gasteiger partial charge is 0.368 e. The smallest absolute Gasteiger partial charge is 0.132 e. The van der Waals surface area contributed by atoms with E-state index in [9.17, 15) is 0 Å². The average molecular weight is 220 g/mol. The predicted octanol–water partition coefficient (Wildman–Crippen LogP) is 1.38. The van der Waals surface area contributed by atoms with Gasteiger partial charge < -0.3 is 10.6 Å². The van der Waals surface area contributed by atoms with Gasteiger partial charge in [0.15, 0.2) is 0 Å². The molecule has 0 saturated carbocycles. The number of rotatable bonds is 4. The molecule has 16 heavy (non-hydrogen) atoms. The minimum absolute atomic E-state index is 0.917. The lowest BCUT2D eigenvalue weighted by molar-refractivity contribution is 0.708. The van der Waals surface area contributed by atoms with Gasteiger partial charge in [-0.05, 0) is 32.7 Å². The molecule has 0 aromatic carbocycles. The van der Waals surface area contributed by atoms with E-state index in [1.807, 2.05) is 7.05 Å². The highest BCUT2D eigenvalue weighted by molar-refractivity contribution is 5.46. The molecule has 0 saturated heterocycles. The first-order chi connectivity index (χ1) is 7.92. The van der Waals surface area contributed by atoms with Crippen molar-refractivity contribution in [1.29, 1.82) is 0 Å². The monoisotopic (exact) mass is 220 g/mol. The van der Waals surface area contributed by atoms with Crippen LogP contribution in [-0.2, 0) is 12.8 Å². The molecule has 1 heterocycles. The van der Waals surface area contributed by atoms with Crippen molar-refractivity contribution in [3.8, 4) is 0 Å². The highest BCUT2D eigenvalue weighted by atomic mass is 15.0. The molecule has 1 aromatic rings. The van der Waals surface area contributed by atoms with Gasteiger partial charge in [0, 0.05) is 24.3 Å². The van der Waals surface area contributed by atoms with Crippen molar-refractivity contribution in [2.75, 3.05) is 25.5 Å². The van der Waals surface area contributed by atoms with Gasteiger partial charge >= 0.3 is 0 Å². The van der Waals surface area contributed by atoms with Crippen LogP contribution < -0.4 is 10.6 Å². The minimum Gasteiger partial charge on any atom is -0.368 e. The maximum absolute atomic E-state index is 4.40. The molecule has 1 aromatic heterocycles. The summed E-state index contributed by atoms with van der Waals surface area (Å²) in [6.45, 7) is 1.87. The number of aryl methyl sites for hydroxylation is 1. The Labute approximate surface area is 96.9 Å². The van der Waals surface area contributed by atoms with Crippen molar-refractivity contribution < 1.29 is 0 Å². The molecule has 0 fully saturated rings. The summed E-state index contributed by atoms with van der Waals surface area (Å²) in [5.74, 6) is 1.04. The van der Waals surface area contributed by atoms with Crippen LogP contribution in [0.1, 0.15) is 30.5 Å². The number of aromatic nitrogens is 2. The van der Waals surface area contributed by atoms with E-state index in [0.29, 0.717) is 0 Å². The molecule has 1 aliphatic rings. The van der Waals surface area contributed by atoms with Crippen molar-refractivity contribution in [3.05, 3.63) is 17.6 Å². The molecule has 0 radical (unpaired) electrons. The van der Waals surface area contributed by atoms with E-state index in [4.69, 9.17) is 0 Å². The fourth-order valence-electron chi connectivity index (χ4n) is 2.16. The summed E-state index contributed by atoms with van der Waals surface area (Å²) in [5.41, 5.74) is 2.59. The summed E-state index contributed by atoms with van der Waals surface area (Å²) in [4.78, 5) is 8.76. The van der Waals surface area contributed by atoms with E-state index < -0.39 is 0 Å². The second-order valence-corrected chi connectivity index (χ2v) is 4.24. The number of anilines is 1. The van der Waals surface area contributed by atoms with Crippen LogP contribution in [0.5, 0.6) is 0 Å². The Morgan fingerprint density at radius 3 is 2.88 bits per heavy atom. The van der Waals surface area contributed by atoms with Gasteiger partial charge in [-0.2, -0.15) is 0 Å². The Hall–Kier alpha value is -1.16. The fraction of sp³-hybridized carbons (Fsp3) is 0.667. The van der Waals surface area contributed by atoms with E-state index in [-0.39, 0.29) is 0 Å². The number of hydrogen-bond donors (Lipinski definition) is 2. The van der Waals surface area contributed by atoms with Crippen LogP contribution in [0.15, 0.2) is 6.33 Å². The summed E-state index contributed by atoms with van der Waals surface area (Å²) in [7, 11) is 1.96. The molecule has 2 rings (SSSR count). The van der Waals surface area contributed by atoms with Crippen LogP contribution in [0.2, 0.25) is 0 Å². The van der Waals surface area contributed by atoms with Gasteiger partial charge in [-0.3, -0.25) is 0 Å². The number of fused-ring (bicyclic) bond motifs is 1. The van der Waals surface area contributed by atoms with Crippen molar-refractivity contribution in [2.45, 2.75) is 32.1 Å². The number of nitrogens with one attached hydrogen (secondary N) is 2. The molecule has 4 nitrogen and oxygen atoms in total.